The van der Waals surface area contributed by atoms with Gasteiger partial charge in [0.25, 0.3) is 0 Å². The summed E-state index contributed by atoms with van der Waals surface area (Å²) in [6.45, 7) is 4.98. The maximum atomic E-state index is 12.8. The van der Waals surface area contributed by atoms with Gasteiger partial charge in [-0.1, -0.05) is 6.92 Å². The summed E-state index contributed by atoms with van der Waals surface area (Å²) in [4.78, 5) is 25.9. The van der Waals surface area contributed by atoms with Gasteiger partial charge in [-0.3, -0.25) is 0 Å². The second-order valence-electron chi connectivity index (χ2n) is 8.19. The van der Waals surface area contributed by atoms with Crippen molar-refractivity contribution in [3.8, 4) is 11.1 Å². The molecule has 1 aliphatic rings. The van der Waals surface area contributed by atoms with Gasteiger partial charge in [-0.2, -0.15) is 11.3 Å². The number of benzene rings is 1. The van der Waals surface area contributed by atoms with Crippen LogP contribution in [0.1, 0.15) is 26.2 Å². The summed E-state index contributed by atoms with van der Waals surface area (Å²) in [6, 6.07) is 9.94. The molecule has 4 rings (SSSR count). The summed E-state index contributed by atoms with van der Waals surface area (Å²) in [5, 5.41) is 10.4. The lowest BCUT2D eigenvalue weighted by atomic mass is 10.2. The summed E-state index contributed by atoms with van der Waals surface area (Å²) in [5.41, 5.74) is 3.77. The molecule has 1 atom stereocenters. The minimum Gasteiger partial charge on any atom is -0.324 e. The van der Waals surface area contributed by atoms with Gasteiger partial charge >= 0.3 is 6.03 Å². The minimum absolute atomic E-state index is 0.0227. The molecule has 1 unspecified atom stereocenters. The third kappa shape index (κ3) is 5.63. The number of amides is 2. The highest BCUT2D eigenvalue weighted by Gasteiger charge is 2.29. The van der Waals surface area contributed by atoms with Gasteiger partial charge < -0.3 is 20.4 Å². The average Bonchev–Trinajstić information content (AvgIpc) is 3.48. The molecular weight excluding hydrogens is 420 g/mol. The van der Waals surface area contributed by atoms with Gasteiger partial charge in [-0.05, 0) is 79.5 Å². The third-order valence-electron chi connectivity index (χ3n) is 5.66. The zero-order valence-electron chi connectivity index (χ0n) is 18.6. The maximum Gasteiger partial charge on any atom is 0.322 e. The van der Waals surface area contributed by atoms with Crippen LogP contribution in [-0.2, 0) is 0 Å². The summed E-state index contributed by atoms with van der Waals surface area (Å²) < 4.78 is 0. The van der Waals surface area contributed by atoms with Crippen molar-refractivity contribution in [2.24, 2.45) is 0 Å². The standard InChI is InChI=1S/C24H30N6OS/c1-3-11-29(2)16-22-5-4-12-30(22)24(31)28-21-8-6-20(7-9-21)27-23-25-14-19(15-26-23)18-10-13-32-17-18/h6-10,13-15,17,22H,3-5,11-12,16H2,1-2H3,(H,28,31)(H,25,26,27). The zero-order valence-corrected chi connectivity index (χ0v) is 19.4. The molecule has 0 spiro atoms. The van der Waals surface area contributed by atoms with Crippen LogP contribution in [0.4, 0.5) is 22.1 Å². The number of nitrogens with one attached hydrogen (secondary N) is 2. The number of carbonyl (C=O) groups is 1. The molecule has 3 aromatic rings. The van der Waals surface area contributed by atoms with Crippen molar-refractivity contribution in [3.63, 3.8) is 0 Å². The third-order valence-corrected chi connectivity index (χ3v) is 6.35. The largest absolute Gasteiger partial charge is 0.324 e. The topological polar surface area (TPSA) is 73.4 Å². The molecule has 1 aromatic carbocycles. The van der Waals surface area contributed by atoms with Gasteiger partial charge in [-0.15, -0.1) is 0 Å². The number of hydrogen-bond donors (Lipinski definition) is 2. The molecule has 0 saturated carbocycles. The molecular formula is C24H30N6OS. The second-order valence-corrected chi connectivity index (χ2v) is 8.97. The van der Waals surface area contributed by atoms with Crippen molar-refractivity contribution in [1.82, 2.24) is 19.8 Å². The van der Waals surface area contributed by atoms with Gasteiger partial charge in [0.2, 0.25) is 5.95 Å². The van der Waals surface area contributed by atoms with E-state index in [0.29, 0.717) is 5.95 Å². The highest BCUT2D eigenvalue weighted by atomic mass is 32.1. The van der Waals surface area contributed by atoms with Crippen LogP contribution in [0.15, 0.2) is 53.5 Å². The van der Waals surface area contributed by atoms with E-state index in [0.717, 1.165) is 61.4 Å². The van der Waals surface area contributed by atoms with Gasteiger partial charge in [0.15, 0.2) is 0 Å². The van der Waals surface area contributed by atoms with Crippen molar-refractivity contribution in [3.05, 3.63) is 53.5 Å². The Morgan fingerprint density at radius 1 is 1.16 bits per heavy atom. The first-order chi connectivity index (χ1) is 15.6. The Labute approximate surface area is 193 Å². The molecule has 0 bridgehead atoms. The summed E-state index contributed by atoms with van der Waals surface area (Å²) in [5.74, 6) is 0.539. The molecule has 1 aliphatic heterocycles. The van der Waals surface area contributed by atoms with Crippen molar-refractivity contribution in [2.45, 2.75) is 32.2 Å². The predicted molar refractivity (Wildman–Crippen MR) is 132 cm³/mol. The molecule has 8 heteroatoms. The van der Waals surface area contributed by atoms with E-state index in [-0.39, 0.29) is 12.1 Å². The van der Waals surface area contributed by atoms with Crippen LogP contribution in [0.2, 0.25) is 0 Å². The Balaban J connectivity index is 1.32. The van der Waals surface area contributed by atoms with Crippen LogP contribution in [-0.4, -0.2) is 58.5 Å². The SMILES string of the molecule is CCCN(C)CC1CCCN1C(=O)Nc1ccc(Nc2ncc(-c3ccsc3)cn2)cc1. The fourth-order valence-corrected chi connectivity index (χ4v) is 4.72. The molecule has 2 amide bonds. The van der Waals surface area contributed by atoms with Crippen LogP contribution >= 0.6 is 11.3 Å². The fourth-order valence-electron chi connectivity index (χ4n) is 4.06. The van der Waals surface area contributed by atoms with E-state index < -0.39 is 0 Å². The molecule has 1 saturated heterocycles. The molecule has 32 heavy (non-hydrogen) atoms. The van der Waals surface area contributed by atoms with E-state index in [9.17, 15) is 4.79 Å². The lowest BCUT2D eigenvalue weighted by Gasteiger charge is -2.28. The fraction of sp³-hybridized carbons (Fsp3) is 0.375. The van der Waals surface area contributed by atoms with E-state index in [2.05, 4.69) is 50.9 Å². The maximum absolute atomic E-state index is 12.8. The second kappa shape index (κ2) is 10.6. The van der Waals surface area contributed by atoms with E-state index in [1.807, 2.05) is 46.9 Å². The van der Waals surface area contributed by atoms with Gasteiger partial charge in [-0.25, -0.2) is 14.8 Å². The molecule has 2 N–H and O–H groups in total. The first-order valence-electron chi connectivity index (χ1n) is 11.1. The molecule has 7 nitrogen and oxygen atoms in total. The quantitative estimate of drug-likeness (QED) is 0.488. The van der Waals surface area contributed by atoms with Crippen molar-refractivity contribution in [1.29, 1.82) is 0 Å². The molecule has 0 radical (unpaired) electrons. The Hall–Kier alpha value is -2.97. The van der Waals surface area contributed by atoms with Gasteiger partial charge in [0.05, 0.1) is 0 Å². The number of likely N-dealkylation sites (N-methyl/N-ethyl adjacent to an activating group) is 1. The van der Waals surface area contributed by atoms with Crippen LogP contribution in [0.3, 0.4) is 0 Å². The normalized spacial score (nSPS) is 15.8. The van der Waals surface area contributed by atoms with E-state index in [1.54, 1.807) is 11.3 Å². The molecule has 3 heterocycles. The number of thiophene rings is 1. The number of hydrogen-bond acceptors (Lipinski definition) is 6. The Bertz CT molecular complexity index is 990. The Morgan fingerprint density at radius 3 is 2.59 bits per heavy atom. The van der Waals surface area contributed by atoms with Crippen molar-refractivity contribution in [2.75, 3.05) is 37.3 Å². The highest BCUT2D eigenvalue weighted by Crippen LogP contribution is 2.23. The van der Waals surface area contributed by atoms with Crippen molar-refractivity contribution >= 4 is 34.7 Å². The predicted octanol–water partition coefficient (Wildman–Crippen LogP) is 5.29. The summed E-state index contributed by atoms with van der Waals surface area (Å²) >= 11 is 1.65. The monoisotopic (exact) mass is 450 g/mol. The number of rotatable bonds is 8. The Morgan fingerprint density at radius 2 is 1.91 bits per heavy atom. The van der Waals surface area contributed by atoms with Crippen molar-refractivity contribution < 1.29 is 4.79 Å². The number of likely N-dealkylation sites (tertiary alicyclic amines) is 1. The first-order valence-corrected chi connectivity index (χ1v) is 12.0. The number of carbonyl (C=O) groups excluding carboxylic acids is 1. The molecule has 0 aliphatic carbocycles. The van der Waals surface area contributed by atoms with E-state index in [4.69, 9.17) is 0 Å². The van der Waals surface area contributed by atoms with E-state index in [1.165, 1.54) is 0 Å². The molecule has 1 fully saturated rings. The Kier molecular flexibility index (Phi) is 7.34. The van der Waals surface area contributed by atoms with Gasteiger partial charge in [0, 0.05) is 48.5 Å². The highest BCUT2D eigenvalue weighted by molar-refractivity contribution is 7.08. The lowest BCUT2D eigenvalue weighted by molar-refractivity contribution is 0.187. The smallest absolute Gasteiger partial charge is 0.322 e. The molecule has 2 aromatic heterocycles. The number of anilines is 3. The summed E-state index contributed by atoms with van der Waals surface area (Å²) in [6.07, 6.45) is 6.88. The average molecular weight is 451 g/mol. The zero-order chi connectivity index (χ0) is 22.3. The number of aromatic nitrogens is 2. The van der Waals surface area contributed by atoms with E-state index >= 15 is 0 Å². The van der Waals surface area contributed by atoms with Gasteiger partial charge in [0.1, 0.15) is 0 Å². The van der Waals surface area contributed by atoms with Crippen LogP contribution in [0.5, 0.6) is 0 Å². The first kappa shape index (κ1) is 22.2. The van der Waals surface area contributed by atoms with Crippen LogP contribution in [0, 0.1) is 0 Å². The molecule has 168 valence electrons. The number of urea groups is 1. The minimum atomic E-state index is -0.0227. The van der Waals surface area contributed by atoms with Crippen LogP contribution in [0.25, 0.3) is 11.1 Å². The summed E-state index contributed by atoms with van der Waals surface area (Å²) in [7, 11) is 2.13. The number of nitrogens with zero attached hydrogens (tertiary/aromatic N) is 4. The van der Waals surface area contributed by atoms with Crippen LogP contribution < -0.4 is 10.6 Å². The lowest BCUT2D eigenvalue weighted by Crippen LogP contribution is -2.44.